The zero-order chi connectivity index (χ0) is 17.8. The fourth-order valence-electron chi connectivity index (χ4n) is 2.92. The van der Waals surface area contributed by atoms with E-state index >= 15 is 0 Å². The maximum atomic E-state index is 12.0. The quantitative estimate of drug-likeness (QED) is 0.878. The van der Waals surface area contributed by atoms with Gasteiger partial charge in [-0.25, -0.2) is 0 Å². The topological polar surface area (TPSA) is 66.8 Å². The van der Waals surface area contributed by atoms with Crippen molar-refractivity contribution in [3.8, 4) is 5.75 Å². The van der Waals surface area contributed by atoms with Crippen molar-refractivity contribution < 1.29 is 19.4 Å². The van der Waals surface area contributed by atoms with Crippen LogP contribution in [0.5, 0.6) is 5.75 Å². The smallest absolute Gasteiger partial charge is 0.308 e. The minimum absolute atomic E-state index is 0.0712. The standard InChI is InChI=1S/C20H21NO4/c1-14-6-8-15(9-7-14)13-25-18-5-3-2-4-16(18)11-21-12-17(20(23)24)10-19(21)22/h2-9,17H,10-13H2,1H3,(H,23,24). The lowest BCUT2D eigenvalue weighted by Gasteiger charge is -2.18. The molecule has 1 heterocycles. The number of amides is 1. The van der Waals surface area contributed by atoms with Gasteiger partial charge < -0.3 is 14.7 Å². The summed E-state index contributed by atoms with van der Waals surface area (Å²) in [4.78, 5) is 24.7. The van der Waals surface area contributed by atoms with Crippen LogP contribution in [0, 0.1) is 12.8 Å². The molecule has 25 heavy (non-hydrogen) atoms. The van der Waals surface area contributed by atoms with Crippen LogP contribution in [0.15, 0.2) is 48.5 Å². The van der Waals surface area contributed by atoms with Crippen molar-refractivity contribution >= 4 is 11.9 Å². The number of carboxylic acid groups (broad SMARTS) is 1. The minimum atomic E-state index is -0.917. The van der Waals surface area contributed by atoms with Crippen LogP contribution in [0.25, 0.3) is 0 Å². The number of aliphatic carboxylic acids is 1. The Kier molecular flexibility index (Phi) is 5.03. The summed E-state index contributed by atoms with van der Waals surface area (Å²) < 4.78 is 5.93. The number of hydrogen-bond donors (Lipinski definition) is 1. The first-order valence-corrected chi connectivity index (χ1v) is 8.30. The Hall–Kier alpha value is -2.82. The summed E-state index contributed by atoms with van der Waals surface area (Å²) in [5.41, 5.74) is 3.15. The fraction of sp³-hybridized carbons (Fsp3) is 0.300. The van der Waals surface area contributed by atoms with Crippen molar-refractivity contribution in [1.29, 1.82) is 0 Å². The molecule has 2 aromatic rings. The van der Waals surface area contributed by atoms with Gasteiger partial charge in [0.2, 0.25) is 5.91 Å². The van der Waals surface area contributed by atoms with Crippen molar-refractivity contribution in [3.63, 3.8) is 0 Å². The largest absolute Gasteiger partial charge is 0.489 e. The summed E-state index contributed by atoms with van der Waals surface area (Å²) in [5, 5.41) is 9.10. The van der Waals surface area contributed by atoms with Gasteiger partial charge in [-0.1, -0.05) is 48.0 Å². The molecular formula is C20H21NO4. The molecule has 1 aliphatic rings. The van der Waals surface area contributed by atoms with E-state index in [1.54, 1.807) is 4.90 Å². The van der Waals surface area contributed by atoms with Gasteiger partial charge in [0.05, 0.1) is 5.92 Å². The van der Waals surface area contributed by atoms with Crippen molar-refractivity contribution in [1.82, 2.24) is 4.90 Å². The van der Waals surface area contributed by atoms with Gasteiger partial charge in [0, 0.05) is 25.1 Å². The van der Waals surface area contributed by atoms with Crippen molar-refractivity contribution in [2.24, 2.45) is 5.92 Å². The average Bonchev–Trinajstić information content (AvgIpc) is 2.97. The van der Waals surface area contributed by atoms with Crippen LogP contribution in [0.1, 0.15) is 23.1 Å². The maximum Gasteiger partial charge on any atom is 0.308 e. The lowest BCUT2D eigenvalue weighted by Crippen LogP contribution is -2.26. The Morgan fingerprint density at radius 2 is 1.92 bits per heavy atom. The molecule has 0 spiro atoms. The summed E-state index contributed by atoms with van der Waals surface area (Å²) in [6, 6.07) is 15.7. The number of hydrogen-bond acceptors (Lipinski definition) is 3. The molecule has 2 aromatic carbocycles. The summed E-state index contributed by atoms with van der Waals surface area (Å²) in [6.07, 6.45) is 0.0712. The molecule has 130 valence electrons. The number of likely N-dealkylation sites (tertiary alicyclic amines) is 1. The number of carbonyl (C=O) groups excluding carboxylic acids is 1. The molecule has 0 bridgehead atoms. The normalized spacial score (nSPS) is 16.9. The van der Waals surface area contributed by atoms with Gasteiger partial charge >= 0.3 is 5.97 Å². The molecule has 1 N–H and O–H groups in total. The van der Waals surface area contributed by atoms with Gasteiger partial charge in [-0.3, -0.25) is 9.59 Å². The zero-order valence-electron chi connectivity index (χ0n) is 14.1. The van der Waals surface area contributed by atoms with E-state index in [9.17, 15) is 9.59 Å². The van der Waals surface area contributed by atoms with E-state index in [2.05, 4.69) is 0 Å². The third-order valence-corrected chi connectivity index (χ3v) is 4.41. The highest BCUT2D eigenvalue weighted by Gasteiger charge is 2.34. The van der Waals surface area contributed by atoms with E-state index in [4.69, 9.17) is 9.84 Å². The molecule has 0 radical (unpaired) electrons. The van der Waals surface area contributed by atoms with E-state index in [1.807, 2.05) is 55.5 Å². The van der Waals surface area contributed by atoms with Crippen LogP contribution in [0.2, 0.25) is 0 Å². The monoisotopic (exact) mass is 339 g/mol. The zero-order valence-corrected chi connectivity index (χ0v) is 14.1. The number of ether oxygens (including phenoxy) is 1. The molecule has 0 aliphatic carbocycles. The second kappa shape index (κ2) is 7.38. The summed E-state index contributed by atoms with van der Waals surface area (Å²) in [7, 11) is 0. The van der Waals surface area contributed by atoms with Crippen LogP contribution in [0.3, 0.4) is 0 Å². The number of rotatable bonds is 6. The number of carbonyl (C=O) groups is 2. The fourth-order valence-corrected chi connectivity index (χ4v) is 2.92. The Morgan fingerprint density at radius 1 is 1.20 bits per heavy atom. The van der Waals surface area contributed by atoms with Gasteiger partial charge in [0.1, 0.15) is 12.4 Å². The number of carboxylic acids is 1. The number of para-hydroxylation sites is 1. The molecule has 3 rings (SSSR count). The Balaban J connectivity index is 1.67. The van der Waals surface area contributed by atoms with Gasteiger partial charge in [0.25, 0.3) is 0 Å². The van der Waals surface area contributed by atoms with E-state index < -0.39 is 11.9 Å². The molecular weight excluding hydrogens is 318 g/mol. The van der Waals surface area contributed by atoms with Crippen LogP contribution in [-0.4, -0.2) is 28.4 Å². The first-order chi connectivity index (χ1) is 12.0. The highest BCUT2D eigenvalue weighted by atomic mass is 16.5. The van der Waals surface area contributed by atoms with Gasteiger partial charge in [-0.15, -0.1) is 0 Å². The van der Waals surface area contributed by atoms with Crippen molar-refractivity contribution in [3.05, 3.63) is 65.2 Å². The average molecular weight is 339 g/mol. The van der Waals surface area contributed by atoms with E-state index in [0.717, 1.165) is 16.9 Å². The molecule has 1 amide bonds. The third kappa shape index (κ3) is 4.18. The first-order valence-electron chi connectivity index (χ1n) is 8.30. The molecule has 1 atom stereocenters. The van der Waals surface area contributed by atoms with E-state index in [1.165, 1.54) is 5.56 Å². The second-order valence-electron chi connectivity index (χ2n) is 6.40. The molecule has 1 aliphatic heterocycles. The van der Waals surface area contributed by atoms with Crippen LogP contribution in [0.4, 0.5) is 0 Å². The Labute approximate surface area is 146 Å². The highest BCUT2D eigenvalue weighted by Crippen LogP contribution is 2.25. The van der Waals surface area contributed by atoms with Crippen LogP contribution in [-0.2, 0) is 22.7 Å². The summed E-state index contributed by atoms with van der Waals surface area (Å²) in [5.74, 6) is -0.941. The lowest BCUT2D eigenvalue weighted by molar-refractivity contribution is -0.141. The Morgan fingerprint density at radius 3 is 2.60 bits per heavy atom. The first kappa shape index (κ1) is 17.0. The predicted molar refractivity (Wildman–Crippen MR) is 93.1 cm³/mol. The molecule has 1 saturated heterocycles. The lowest BCUT2D eigenvalue weighted by atomic mass is 10.1. The van der Waals surface area contributed by atoms with Gasteiger partial charge in [-0.2, -0.15) is 0 Å². The number of nitrogens with zero attached hydrogens (tertiary/aromatic N) is 1. The summed E-state index contributed by atoms with van der Waals surface area (Å²) >= 11 is 0. The van der Waals surface area contributed by atoms with Crippen LogP contribution < -0.4 is 4.74 Å². The van der Waals surface area contributed by atoms with E-state index in [-0.39, 0.29) is 18.9 Å². The molecule has 0 aromatic heterocycles. The molecule has 5 nitrogen and oxygen atoms in total. The SMILES string of the molecule is Cc1ccc(COc2ccccc2CN2CC(C(=O)O)CC2=O)cc1. The third-order valence-electron chi connectivity index (χ3n) is 4.41. The number of benzene rings is 2. The molecule has 0 saturated carbocycles. The molecule has 1 fully saturated rings. The van der Waals surface area contributed by atoms with Crippen molar-refractivity contribution in [2.75, 3.05) is 6.54 Å². The summed E-state index contributed by atoms with van der Waals surface area (Å²) in [6.45, 7) is 3.10. The predicted octanol–water partition coefficient (Wildman–Crippen LogP) is 3.01. The minimum Gasteiger partial charge on any atom is -0.489 e. The number of aryl methyl sites for hydroxylation is 1. The maximum absolute atomic E-state index is 12.0. The van der Waals surface area contributed by atoms with Gasteiger partial charge in [-0.05, 0) is 18.6 Å². The Bertz CT molecular complexity index is 770. The van der Waals surface area contributed by atoms with Crippen molar-refractivity contribution in [2.45, 2.75) is 26.5 Å². The van der Waals surface area contributed by atoms with Crippen LogP contribution >= 0.6 is 0 Å². The van der Waals surface area contributed by atoms with E-state index in [0.29, 0.717) is 13.2 Å². The molecule has 1 unspecified atom stereocenters. The van der Waals surface area contributed by atoms with Gasteiger partial charge in [0.15, 0.2) is 0 Å². The second-order valence-corrected chi connectivity index (χ2v) is 6.40. The molecule has 5 heteroatoms. The highest BCUT2D eigenvalue weighted by molar-refractivity contribution is 5.86.